The fraction of sp³-hybridized carbons (Fsp3) is 0.935. The summed E-state index contributed by atoms with van der Waals surface area (Å²) in [7, 11) is 1.58. The highest BCUT2D eigenvalue weighted by molar-refractivity contribution is 7.47. The number of allylic oxidation sites excluding steroid dienone is 1. The van der Waals surface area contributed by atoms with Crippen LogP contribution in [-0.2, 0) is 18.4 Å². The van der Waals surface area contributed by atoms with E-state index < -0.39 is 20.0 Å². The molecule has 0 spiro atoms. The minimum atomic E-state index is -4.33. The van der Waals surface area contributed by atoms with Crippen molar-refractivity contribution in [2.75, 3.05) is 40.9 Å². The number of phosphoric acid groups is 1. The van der Waals surface area contributed by atoms with Gasteiger partial charge >= 0.3 is 7.82 Å². The Balaban J connectivity index is 4.26. The number of quaternary nitrogens is 1. The third kappa shape index (κ3) is 41.2. The number of aliphatic hydroxyl groups is 1. The van der Waals surface area contributed by atoms with E-state index in [1.165, 1.54) is 154 Å². The first kappa shape index (κ1) is 54.2. The van der Waals surface area contributed by atoms with Gasteiger partial charge in [-0.3, -0.25) is 13.8 Å². The highest BCUT2D eigenvalue weighted by Gasteiger charge is 2.27. The quantitative estimate of drug-likeness (QED) is 0.0246. The van der Waals surface area contributed by atoms with E-state index in [0.29, 0.717) is 17.4 Å². The molecule has 0 rings (SSSR count). The van der Waals surface area contributed by atoms with E-state index in [2.05, 4.69) is 26.1 Å². The largest absolute Gasteiger partial charge is 0.472 e. The molecular weight excluding hydrogens is 707 g/mol. The molecule has 0 aromatic heterocycles. The summed E-state index contributed by atoms with van der Waals surface area (Å²) in [6.45, 7) is 7.14. The molecule has 0 aliphatic carbocycles. The van der Waals surface area contributed by atoms with Gasteiger partial charge in [-0.1, -0.05) is 206 Å². The molecule has 8 nitrogen and oxygen atoms in total. The molecule has 0 aliphatic rings. The molecule has 328 valence electrons. The number of nitrogens with one attached hydrogen (secondary N) is 1. The van der Waals surface area contributed by atoms with E-state index in [1.807, 2.05) is 27.2 Å². The van der Waals surface area contributed by atoms with Crippen molar-refractivity contribution in [1.82, 2.24) is 5.32 Å². The number of aliphatic hydroxyl groups excluding tert-OH is 1. The van der Waals surface area contributed by atoms with Crippen molar-refractivity contribution in [3.63, 3.8) is 0 Å². The van der Waals surface area contributed by atoms with Gasteiger partial charge in [0.05, 0.1) is 39.9 Å². The minimum Gasteiger partial charge on any atom is -0.387 e. The van der Waals surface area contributed by atoms with E-state index in [4.69, 9.17) is 9.05 Å². The van der Waals surface area contributed by atoms with Crippen LogP contribution in [0.1, 0.15) is 220 Å². The molecule has 1 amide bonds. The second kappa shape index (κ2) is 37.5. The fourth-order valence-corrected chi connectivity index (χ4v) is 7.67. The van der Waals surface area contributed by atoms with Crippen LogP contribution in [0, 0.1) is 5.92 Å². The molecule has 0 saturated carbocycles. The normalized spacial score (nSPS) is 14.5. The molecule has 0 heterocycles. The Morgan fingerprint density at radius 1 is 0.655 bits per heavy atom. The summed E-state index contributed by atoms with van der Waals surface area (Å²) in [4.78, 5) is 23.1. The second-order valence-electron chi connectivity index (χ2n) is 18.0. The number of hydrogen-bond acceptors (Lipinski definition) is 5. The third-order valence-corrected chi connectivity index (χ3v) is 11.7. The van der Waals surface area contributed by atoms with Gasteiger partial charge in [-0.2, -0.15) is 0 Å². The molecule has 0 radical (unpaired) electrons. The summed E-state index contributed by atoms with van der Waals surface area (Å²) in [5, 5.41) is 13.8. The predicted octanol–water partition coefficient (Wildman–Crippen LogP) is 13.0. The molecular formula is C46H94N2O6P+. The Hall–Kier alpha value is -0.760. The molecule has 1 unspecified atom stereocenters. The van der Waals surface area contributed by atoms with Crippen molar-refractivity contribution in [3.05, 3.63) is 12.2 Å². The zero-order chi connectivity index (χ0) is 40.9. The molecule has 3 N–H and O–H groups in total. The number of carbonyl (C=O) groups excluding carboxylic acids is 1. The molecule has 0 aliphatic heterocycles. The van der Waals surface area contributed by atoms with Crippen LogP contribution < -0.4 is 5.32 Å². The van der Waals surface area contributed by atoms with E-state index in [9.17, 15) is 19.4 Å². The zero-order valence-corrected chi connectivity index (χ0v) is 38.2. The van der Waals surface area contributed by atoms with Crippen LogP contribution in [-0.4, -0.2) is 73.4 Å². The van der Waals surface area contributed by atoms with E-state index >= 15 is 0 Å². The second-order valence-corrected chi connectivity index (χ2v) is 19.4. The third-order valence-electron chi connectivity index (χ3n) is 10.7. The number of likely N-dealkylation sites (N-methyl/N-ethyl adjacent to an activating group) is 1. The Kier molecular flexibility index (Phi) is 37.0. The Morgan fingerprint density at radius 3 is 1.51 bits per heavy atom. The molecule has 0 saturated heterocycles. The van der Waals surface area contributed by atoms with Crippen LogP contribution in [0.2, 0.25) is 0 Å². The van der Waals surface area contributed by atoms with E-state index in [0.717, 1.165) is 44.4 Å². The van der Waals surface area contributed by atoms with Gasteiger partial charge in [0.25, 0.3) is 0 Å². The van der Waals surface area contributed by atoms with E-state index in [1.54, 1.807) is 6.08 Å². The summed E-state index contributed by atoms with van der Waals surface area (Å²) < 4.78 is 23.6. The predicted molar refractivity (Wildman–Crippen MR) is 235 cm³/mol. The van der Waals surface area contributed by atoms with Gasteiger partial charge in [-0.05, 0) is 25.2 Å². The highest BCUT2D eigenvalue weighted by Crippen LogP contribution is 2.43. The van der Waals surface area contributed by atoms with Gasteiger partial charge in [-0.15, -0.1) is 0 Å². The van der Waals surface area contributed by atoms with Gasteiger partial charge < -0.3 is 19.8 Å². The maximum Gasteiger partial charge on any atom is 0.472 e. The number of amides is 1. The van der Waals surface area contributed by atoms with Crippen molar-refractivity contribution < 1.29 is 32.9 Å². The SMILES string of the molecule is CCCCCCCCCCCCCCCCCCCCCCCC(=O)N[C@@H](COP(=O)(O)OCC[N+](C)(C)C)[C@H](O)/C=C/CCCCCCCCCC(C)C. The standard InChI is InChI=1S/C46H93N2O6P/c1-7-8-9-10-11-12-13-14-15-16-17-18-19-20-21-22-23-27-30-33-36-39-46(50)47-44(42-54-55(51,52)53-41-40-48(4,5)6)45(49)38-35-32-29-26-24-25-28-31-34-37-43(2)3/h35,38,43-45,49H,7-34,36-37,39-42H2,1-6H3,(H-,47,50,51,52)/p+1/b38-35+/t44-,45+/m0/s1. The molecule has 55 heavy (non-hydrogen) atoms. The lowest BCUT2D eigenvalue weighted by molar-refractivity contribution is -0.870. The van der Waals surface area contributed by atoms with Gasteiger partial charge in [0.1, 0.15) is 13.2 Å². The number of unbranched alkanes of at least 4 members (excludes halogenated alkanes) is 27. The van der Waals surface area contributed by atoms with Crippen LogP contribution in [0.15, 0.2) is 12.2 Å². The highest BCUT2D eigenvalue weighted by atomic mass is 31.2. The summed E-state index contributed by atoms with van der Waals surface area (Å²) >= 11 is 0. The van der Waals surface area contributed by atoms with Gasteiger partial charge in [0.2, 0.25) is 5.91 Å². The molecule has 9 heteroatoms. The number of phosphoric ester groups is 1. The Morgan fingerprint density at radius 2 is 1.07 bits per heavy atom. The molecule has 0 aromatic carbocycles. The molecule has 0 aromatic rings. The molecule has 0 fully saturated rings. The van der Waals surface area contributed by atoms with Gasteiger partial charge in [0.15, 0.2) is 0 Å². The van der Waals surface area contributed by atoms with Crippen molar-refractivity contribution in [1.29, 1.82) is 0 Å². The number of nitrogens with zero attached hydrogens (tertiary/aromatic N) is 1. The van der Waals surface area contributed by atoms with Crippen LogP contribution >= 0.6 is 7.82 Å². The molecule has 3 atom stereocenters. The van der Waals surface area contributed by atoms with Crippen molar-refractivity contribution >= 4 is 13.7 Å². The fourth-order valence-electron chi connectivity index (χ4n) is 6.93. The topological polar surface area (TPSA) is 105 Å². The Labute approximate surface area is 342 Å². The minimum absolute atomic E-state index is 0.0637. The first-order valence-electron chi connectivity index (χ1n) is 23.4. The number of rotatable bonds is 42. The maximum absolute atomic E-state index is 12.9. The monoisotopic (exact) mass is 802 g/mol. The van der Waals surface area contributed by atoms with Crippen molar-refractivity contribution in [2.45, 2.75) is 232 Å². The van der Waals surface area contributed by atoms with E-state index in [-0.39, 0.29) is 19.1 Å². The first-order chi connectivity index (χ1) is 26.4. The van der Waals surface area contributed by atoms with Gasteiger partial charge in [-0.25, -0.2) is 4.57 Å². The number of hydrogen-bond donors (Lipinski definition) is 3. The van der Waals surface area contributed by atoms with Crippen LogP contribution in [0.25, 0.3) is 0 Å². The lowest BCUT2D eigenvalue weighted by Crippen LogP contribution is -2.45. The summed E-state index contributed by atoms with van der Waals surface area (Å²) in [6, 6.07) is -0.841. The lowest BCUT2D eigenvalue weighted by Gasteiger charge is -2.25. The Bertz CT molecular complexity index is 925. The smallest absolute Gasteiger partial charge is 0.387 e. The summed E-state index contributed by atoms with van der Waals surface area (Å²) in [6.07, 6.45) is 41.5. The van der Waals surface area contributed by atoms with Gasteiger partial charge in [0, 0.05) is 6.42 Å². The first-order valence-corrected chi connectivity index (χ1v) is 24.9. The van der Waals surface area contributed by atoms with Crippen molar-refractivity contribution in [2.24, 2.45) is 5.92 Å². The molecule has 0 bridgehead atoms. The summed E-state index contributed by atoms with van der Waals surface area (Å²) in [5.74, 6) is 0.616. The van der Waals surface area contributed by atoms with Crippen LogP contribution in [0.3, 0.4) is 0 Å². The average Bonchev–Trinajstić information content (AvgIpc) is 3.12. The summed E-state index contributed by atoms with van der Waals surface area (Å²) in [5.41, 5.74) is 0. The average molecular weight is 802 g/mol. The van der Waals surface area contributed by atoms with Crippen LogP contribution in [0.4, 0.5) is 0 Å². The van der Waals surface area contributed by atoms with Crippen molar-refractivity contribution in [3.8, 4) is 0 Å². The maximum atomic E-state index is 12.9. The number of carbonyl (C=O) groups is 1. The lowest BCUT2D eigenvalue weighted by atomic mass is 10.0. The zero-order valence-electron chi connectivity index (χ0n) is 37.4. The van der Waals surface area contributed by atoms with Crippen LogP contribution in [0.5, 0.6) is 0 Å².